The predicted octanol–water partition coefficient (Wildman–Crippen LogP) is 3.18. The normalized spacial score (nSPS) is 11.2. The van der Waals surface area contributed by atoms with Crippen molar-refractivity contribution in [2.75, 3.05) is 18.5 Å². The highest BCUT2D eigenvalue weighted by atomic mass is 16.5. The minimum atomic E-state index is 0.604. The molecule has 0 bridgehead atoms. The second-order valence-electron chi connectivity index (χ2n) is 5.88. The monoisotopic (exact) mass is 340 g/mol. The van der Waals surface area contributed by atoms with Gasteiger partial charge in [0.15, 0.2) is 5.82 Å². The average molecular weight is 340 g/mol. The Morgan fingerprint density at radius 2 is 2.04 bits per heavy atom. The fourth-order valence-electron chi connectivity index (χ4n) is 2.76. The molecule has 0 aliphatic heterocycles. The van der Waals surface area contributed by atoms with Crippen LogP contribution in [0.4, 0.5) is 11.6 Å². The third-order valence-corrected chi connectivity index (χ3v) is 3.92. The van der Waals surface area contributed by atoms with Gasteiger partial charge >= 0.3 is 0 Å². The molecule has 0 saturated carbocycles. The van der Waals surface area contributed by atoms with Crippen molar-refractivity contribution in [1.29, 1.82) is 0 Å². The van der Waals surface area contributed by atoms with Crippen LogP contribution in [0.1, 0.15) is 30.9 Å². The largest absolute Gasteiger partial charge is 0.380 e. The summed E-state index contributed by atoms with van der Waals surface area (Å²) in [6.07, 6.45) is 2.60. The summed E-state index contributed by atoms with van der Waals surface area (Å²) in [4.78, 5) is 13.6. The van der Waals surface area contributed by atoms with Gasteiger partial charge in [0.25, 0.3) is 0 Å². The number of nitrogens with one attached hydrogen (secondary N) is 1. The molecule has 0 atom stereocenters. The second kappa shape index (κ2) is 7.57. The molecule has 0 aliphatic rings. The summed E-state index contributed by atoms with van der Waals surface area (Å²) in [6, 6.07) is 3.96. The summed E-state index contributed by atoms with van der Waals surface area (Å²) in [5.74, 6) is 2.20. The SMILES string of the molecule is CCOCCn1nc(CC)c2nc(C)nc(Nc3cc(C)ccn3)c21. The Kier molecular flexibility index (Phi) is 5.23. The first-order chi connectivity index (χ1) is 12.1. The molecule has 3 aromatic rings. The van der Waals surface area contributed by atoms with Gasteiger partial charge in [-0.3, -0.25) is 4.68 Å². The highest BCUT2D eigenvalue weighted by molar-refractivity contribution is 5.89. The van der Waals surface area contributed by atoms with E-state index >= 15 is 0 Å². The minimum Gasteiger partial charge on any atom is -0.380 e. The van der Waals surface area contributed by atoms with Gasteiger partial charge in [0.2, 0.25) is 0 Å². The van der Waals surface area contributed by atoms with Crippen LogP contribution in [0.5, 0.6) is 0 Å². The lowest BCUT2D eigenvalue weighted by atomic mass is 10.2. The number of nitrogens with zero attached hydrogens (tertiary/aromatic N) is 5. The van der Waals surface area contributed by atoms with Gasteiger partial charge < -0.3 is 10.1 Å². The van der Waals surface area contributed by atoms with E-state index in [0.29, 0.717) is 25.6 Å². The standard InChI is InChI=1S/C18H24N6O/c1-5-14-16-17(24(23-14)9-10-25-6-2)18(21-13(4)20-16)22-15-11-12(3)7-8-19-15/h7-8,11H,5-6,9-10H2,1-4H3,(H,19,20,21,22). The van der Waals surface area contributed by atoms with Gasteiger partial charge in [-0.2, -0.15) is 5.10 Å². The maximum Gasteiger partial charge on any atom is 0.161 e. The first-order valence-corrected chi connectivity index (χ1v) is 8.63. The van der Waals surface area contributed by atoms with E-state index < -0.39 is 0 Å². The molecular formula is C18H24N6O. The molecule has 132 valence electrons. The van der Waals surface area contributed by atoms with Crippen LogP contribution in [0.3, 0.4) is 0 Å². The van der Waals surface area contributed by atoms with Crippen LogP contribution >= 0.6 is 0 Å². The van der Waals surface area contributed by atoms with E-state index in [9.17, 15) is 0 Å². The van der Waals surface area contributed by atoms with Crippen molar-refractivity contribution in [3.8, 4) is 0 Å². The summed E-state index contributed by atoms with van der Waals surface area (Å²) in [7, 11) is 0. The van der Waals surface area contributed by atoms with Crippen molar-refractivity contribution >= 4 is 22.7 Å². The van der Waals surface area contributed by atoms with Crippen LogP contribution in [-0.2, 0) is 17.7 Å². The van der Waals surface area contributed by atoms with E-state index in [4.69, 9.17) is 9.84 Å². The van der Waals surface area contributed by atoms with Crippen LogP contribution in [-0.4, -0.2) is 37.9 Å². The van der Waals surface area contributed by atoms with Crippen molar-refractivity contribution in [2.24, 2.45) is 0 Å². The topological polar surface area (TPSA) is 77.8 Å². The number of anilines is 2. The van der Waals surface area contributed by atoms with Crippen molar-refractivity contribution in [1.82, 2.24) is 24.7 Å². The molecule has 7 nitrogen and oxygen atoms in total. The lowest BCUT2D eigenvalue weighted by Gasteiger charge is -2.10. The van der Waals surface area contributed by atoms with Gasteiger partial charge in [0.1, 0.15) is 22.7 Å². The Bertz CT molecular complexity index is 873. The molecule has 1 N–H and O–H groups in total. The van der Waals surface area contributed by atoms with Gasteiger partial charge in [-0.05, 0) is 44.9 Å². The lowest BCUT2D eigenvalue weighted by Crippen LogP contribution is -2.09. The van der Waals surface area contributed by atoms with Gasteiger partial charge in [-0.25, -0.2) is 15.0 Å². The molecule has 0 aliphatic carbocycles. The number of aryl methyl sites for hydroxylation is 3. The predicted molar refractivity (Wildman–Crippen MR) is 98.2 cm³/mol. The van der Waals surface area contributed by atoms with E-state index in [1.807, 2.05) is 37.6 Å². The number of pyridine rings is 1. The summed E-state index contributed by atoms with van der Waals surface area (Å²) in [5, 5.41) is 8.05. The Balaban J connectivity index is 2.07. The second-order valence-corrected chi connectivity index (χ2v) is 5.88. The molecule has 0 amide bonds. The third-order valence-electron chi connectivity index (χ3n) is 3.92. The third kappa shape index (κ3) is 3.76. The van der Waals surface area contributed by atoms with Crippen LogP contribution in [0, 0.1) is 13.8 Å². The van der Waals surface area contributed by atoms with E-state index in [1.54, 1.807) is 6.20 Å². The van der Waals surface area contributed by atoms with Crippen molar-refractivity contribution in [3.63, 3.8) is 0 Å². The molecule has 3 aromatic heterocycles. The molecule has 0 spiro atoms. The van der Waals surface area contributed by atoms with Gasteiger partial charge in [0, 0.05) is 12.8 Å². The molecule has 25 heavy (non-hydrogen) atoms. The average Bonchev–Trinajstić information content (AvgIpc) is 2.93. The van der Waals surface area contributed by atoms with Gasteiger partial charge in [-0.15, -0.1) is 0 Å². The maximum atomic E-state index is 5.49. The van der Waals surface area contributed by atoms with E-state index in [1.165, 1.54) is 0 Å². The van der Waals surface area contributed by atoms with Crippen LogP contribution in [0.2, 0.25) is 0 Å². The van der Waals surface area contributed by atoms with Crippen molar-refractivity contribution < 1.29 is 4.74 Å². The van der Waals surface area contributed by atoms with Crippen molar-refractivity contribution in [3.05, 3.63) is 35.4 Å². The Morgan fingerprint density at radius 1 is 1.20 bits per heavy atom. The molecular weight excluding hydrogens is 316 g/mol. The molecule has 0 radical (unpaired) electrons. The van der Waals surface area contributed by atoms with Crippen LogP contribution in [0.15, 0.2) is 18.3 Å². The number of rotatable bonds is 7. The number of aromatic nitrogens is 5. The highest BCUT2D eigenvalue weighted by Crippen LogP contribution is 2.26. The summed E-state index contributed by atoms with van der Waals surface area (Å²) in [5.41, 5.74) is 3.89. The summed E-state index contributed by atoms with van der Waals surface area (Å²) >= 11 is 0. The first kappa shape index (κ1) is 17.3. The minimum absolute atomic E-state index is 0.604. The Morgan fingerprint density at radius 3 is 2.76 bits per heavy atom. The molecule has 3 rings (SSSR count). The molecule has 0 aromatic carbocycles. The number of hydrogen-bond donors (Lipinski definition) is 1. The molecule has 7 heteroatoms. The number of hydrogen-bond acceptors (Lipinski definition) is 6. The molecule has 0 fully saturated rings. The Hall–Kier alpha value is -2.54. The van der Waals surface area contributed by atoms with Gasteiger partial charge in [-0.1, -0.05) is 6.92 Å². The fourth-order valence-corrected chi connectivity index (χ4v) is 2.76. The quantitative estimate of drug-likeness (QED) is 0.666. The molecule has 3 heterocycles. The maximum absolute atomic E-state index is 5.49. The van der Waals surface area contributed by atoms with Crippen LogP contribution in [0.25, 0.3) is 11.0 Å². The Labute approximate surface area is 147 Å². The zero-order chi connectivity index (χ0) is 17.8. The molecule has 0 saturated heterocycles. The van der Waals surface area contributed by atoms with E-state index in [2.05, 4.69) is 27.2 Å². The number of ether oxygens (including phenoxy) is 1. The zero-order valence-corrected chi connectivity index (χ0v) is 15.2. The van der Waals surface area contributed by atoms with Crippen LogP contribution < -0.4 is 5.32 Å². The first-order valence-electron chi connectivity index (χ1n) is 8.63. The van der Waals surface area contributed by atoms with E-state index in [-0.39, 0.29) is 0 Å². The summed E-state index contributed by atoms with van der Waals surface area (Å²) < 4.78 is 7.42. The summed E-state index contributed by atoms with van der Waals surface area (Å²) in [6.45, 7) is 9.95. The molecule has 0 unspecified atom stereocenters. The zero-order valence-electron chi connectivity index (χ0n) is 15.2. The van der Waals surface area contributed by atoms with Gasteiger partial charge in [0.05, 0.1) is 18.8 Å². The van der Waals surface area contributed by atoms with E-state index in [0.717, 1.165) is 40.3 Å². The number of fused-ring (bicyclic) bond motifs is 1. The van der Waals surface area contributed by atoms with Crippen molar-refractivity contribution in [2.45, 2.75) is 40.7 Å². The smallest absolute Gasteiger partial charge is 0.161 e. The lowest BCUT2D eigenvalue weighted by molar-refractivity contribution is 0.137. The highest BCUT2D eigenvalue weighted by Gasteiger charge is 2.17. The fraction of sp³-hybridized carbons (Fsp3) is 0.444.